The van der Waals surface area contributed by atoms with Crippen LogP contribution in [0, 0.1) is 0 Å². The number of rotatable bonds is 4. The zero-order valence-corrected chi connectivity index (χ0v) is 9.43. The lowest BCUT2D eigenvalue weighted by Crippen LogP contribution is -2.05. The maximum atomic E-state index is 9.27. The van der Waals surface area contributed by atoms with Gasteiger partial charge >= 0.3 is 0 Å². The van der Waals surface area contributed by atoms with Gasteiger partial charge in [-0.05, 0) is 31.0 Å². The molecule has 3 nitrogen and oxygen atoms in total. The predicted molar refractivity (Wildman–Crippen MR) is 64.2 cm³/mol. The number of aryl methyl sites for hydroxylation is 1. The number of fused-ring (bicyclic) bond motifs is 1. The summed E-state index contributed by atoms with van der Waals surface area (Å²) in [7, 11) is 0. The lowest BCUT2D eigenvalue weighted by atomic mass is 10.1. The molecule has 0 saturated heterocycles. The minimum absolute atomic E-state index is 0.0672. The van der Waals surface area contributed by atoms with Crippen molar-refractivity contribution in [1.82, 2.24) is 4.57 Å². The molecule has 0 aliphatic carbocycles. The summed E-state index contributed by atoms with van der Waals surface area (Å²) in [6.45, 7) is 2.67. The number of aliphatic hydroxyl groups excluding tert-OH is 2. The molecule has 16 heavy (non-hydrogen) atoms. The molecule has 0 saturated carbocycles. The summed E-state index contributed by atoms with van der Waals surface area (Å²) in [5.41, 5.74) is 2.07. The van der Waals surface area contributed by atoms with Gasteiger partial charge in [0, 0.05) is 23.6 Å². The molecule has 86 valence electrons. The average Bonchev–Trinajstić information content (AvgIpc) is 2.69. The first-order valence-corrected chi connectivity index (χ1v) is 5.58. The second-order valence-corrected chi connectivity index (χ2v) is 4.15. The fourth-order valence-electron chi connectivity index (χ4n) is 1.95. The van der Waals surface area contributed by atoms with Crippen molar-refractivity contribution in [3.8, 4) is 0 Å². The molecule has 2 aromatic rings. The van der Waals surface area contributed by atoms with Crippen molar-refractivity contribution in [3.05, 3.63) is 36.0 Å². The molecule has 3 heteroatoms. The van der Waals surface area contributed by atoms with E-state index in [1.807, 2.05) is 30.5 Å². The highest BCUT2D eigenvalue weighted by atomic mass is 16.3. The third-order valence-electron chi connectivity index (χ3n) is 2.86. The minimum atomic E-state index is -0.279. The topological polar surface area (TPSA) is 45.4 Å². The van der Waals surface area contributed by atoms with Crippen LogP contribution >= 0.6 is 0 Å². The Labute approximate surface area is 94.9 Å². The van der Waals surface area contributed by atoms with Crippen molar-refractivity contribution < 1.29 is 10.2 Å². The van der Waals surface area contributed by atoms with Gasteiger partial charge in [0.2, 0.25) is 0 Å². The van der Waals surface area contributed by atoms with E-state index in [0.717, 1.165) is 29.4 Å². The highest BCUT2D eigenvalue weighted by molar-refractivity contribution is 5.83. The molecule has 2 N–H and O–H groups in total. The third-order valence-corrected chi connectivity index (χ3v) is 2.86. The van der Waals surface area contributed by atoms with E-state index in [0.29, 0.717) is 0 Å². The van der Waals surface area contributed by atoms with E-state index in [4.69, 9.17) is 0 Å². The van der Waals surface area contributed by atoms with Gasteiger partial charge in [0.05, 0.1) is 12.7 Å². The van der Waals surface area contributed by atoms with Crippen LogP contribution in [0.2, 0.25) is 0 Å². The summed E-state index contributed by atoms with van der Waals surface area (Å²) < 4.78 is 2.11. The van der Waals surface area contributed by atoms with Gasteiger partial charge in [-0.15, -0.1) is 0 Å². The maximum absolute atomic E-state index is 9.27. The van der Waals surface area contributed by atoms with E-state index < -0.39 is 0 Å². The van der Waals surface area contributed by atoms with Crippen LogP contribution in [0.3, 0.4) is 0 Å². The number of aliphatic hydroxyl groups is 2. The van der Waals surface area contributed by atoms with Gasteiger partial charge in [-0.2, -0.15) is 0 Å². The van der Waals surface area contributed by atoms with Crippen LogP contribution in [0.25, 0.3) is 10.9 Å². The number of hydrogen-bond acceptors (Lipinski definition) is 2. The Morgan fingerprint density at radius 3 is 2.81 bits per heavy atom. The first-order valence-electron chi connectivity index (χ1n) is 5.58. The molecule has 1 aromatic heterocycles. The van der Waals surface area contributed by atoms with E-state index in [2.05, 4.69) is 4.57 Å². The fourth-order valence-corrected chi connectivity index (χ4v) is 1.95. The highest BCUT2D eigenvalue weighted by Crippen LogP contribution is 2.20. The Morgan fingerprint density at radius 1 is 1.31 bits per heavy atom. The van der Waals surface area contributed by atoms with E-state index in [9.17, 15) is 10.2 Å². The van der Waals surface area contributed by atoms with Gasteiger partial charge in [0.15, 0.2) is 0 Å². The van der Waals surface area contributed by atoms with E-state index in [1.165, 1.54) is 0 Å². The zero-order valence-electron chi connectivity index (χ0n) is 9.43. The molecule has 1 heterocycles. The first-order chi connectivity index (χ1) is 7.72. The minimum Gasteiger partial charge on any atom is -0.393 e. The molecular formula is C13H17NO2. The zero-order chi connectivity index (χ0) is 11.5. The van der Waals surface area contributed by atoms with Crippen LogP contribution in [0.1, 0.15) is 18.9 Å². The maximum Gasteiger partial charge on any atom is 0.0688 e. The fraction of sp³-hybridized carbons (Fsp3) is 0.385. The van der Waals surface area contributed by atoms with Crippen molar-refractivity contribution in [2.45, 2.75) is 32.6 Å². The van der Waals surface area contributed by atoms with Gasteiger partial charge in [0.1, 0.15) is 0 Å². The van der Waals surface area contributed by atoms with Crippen LogP contribution in [-0.4, -0.2) is 20.9 Å². The second kappa shape index (κ2) is 4.68. The molecule has 0 bridgehead atoms. The smallest absolute Gasteiger partial charge is 0.0688 e. The van der Waals surface area contributed by atoms with Gasteiger partial charge in [0.25, 0.3) is 0 Å². The standard InChI is InChI=1S/C13H17NO2/c1-10(16)5-7-14-8-6-12-11(9-15)3-2-4-13(12)14/h2-4,6,8,10,15-16H,5,7,9H2,1H3. The van der Waals surface area contributed by atoms with Crippen molar-refractivity contribution in [2.24, 2.45) is 0 Å². The Bertz CT molecular complexity index is 474. The van der Waals surface area contributed by atoms with E-state index in [-0.39, 0.29) is 12.7 Å². The van der Waals surface area contributed by atoms with E-state index >= 15 is 0 Å². The Balaban J connectivity index is 2.34. The molecule has 1 unspecified atom stereocenters. The summed E-state index contributed by atoms with van der Waals surface area (Å²) >= 11 is 0. The summed E-state index contributed by atoms with van der Waals surface area (Å²) in [5.74, 6) is 0. The Morgan fingerprint density at radius 2 is 2.12 bits per heavy atom. The lowest BCUT2D eigenvalue weighted by Gasteiger charge is -2.07. The van der Waals surface area contributed by atoms with Gasteiger partial charge in [-0.3, -0.25) is 0 Å². The van der Waals surface area contributed by atoms with Crippen LogP contribution in [0.5, 0.6) is 0 Å². The van der Waals surface area contributed by atoms with Gasteiger partial charge in [-0.1, -0.05) is 12.1 Å². The molecule has 1 atom stereocenters. The molecule has 0 aliphatic rings. The highest BCUT2D eigenvalue weighted by Gasteiger charge is 2.05. The van der Waals surface area contributed by atoms with Crippen molar-refractivity contribution >= 4 is 10.9 Å². The second-order valence-electron chi connectivity index (χ2n) is 4.15. The SMILES string of the molecule is CC(O)CCn1ccc2c(CO)cccc21. The first kappa shape index (κ1) is 11.2. The molecule has 0 aliphatic heterocycles. The Hall–Kier alpha value is -1.32. The lowest BCUT2D eigenvalue weighted by molar-refractivity contribution is 0.178. The number of hydrogen-bond donors (Lipinski definition) is 2. The monoisotopic (exact) mass is 219 g/mol. The molecule has 0 fully saturated rings. The summed E-state index contributed by atoms with van der Waals surface area (Å²) in [6.07, 6.45) is 2.47. The van der Waals surface area contributed by atoms with Crippen molar-refractivity contribution in [3.63, 3.8) is 0 Å². The summed E-state index contributed by atoms with van der Waals surface area (Å²) in [4.78, 5) is 0. The van der Waals surface area contributed by atoms with Crippen molar-refractivity contribution in [2.75, 3.05) is 0 Å². The molecule has 0 spiro atoms. The molecule has 0 radical (unpaired) electrons. The largest absolute Gasteiger partial charge is 0.393 e. The predicted octanol–water partition coefficient (Wildman–Crippen LogP) is 1.90. The third kappa shape index (κ3) is 2.10. The number of aromatic nitrogens is 1. The molecular weight excluding hydrogens is 202 g/mol. The Kier molecular flexibility index (Phi) is 3.27. The van der Waals surface area contributed by atoms with Crippen LogP contribution in [0.4, 0.5) is 0 Å². The molecule has 2 rings (SSSR count). The van der Waals surface area contributed by atoms with Crippen LogP contribution in [-0.2, 0) is 13.2 Å². The summed E-state index contributed by atoms with van der Waals surface area (Å²) in [6, 6.07) is 7.94. The quantitative estimate of drug-likeness (QED) is 0.825. The van der Waals surface area contributed by atoms with Crippen molar-refractivity contribution in [1.29, 1.82) is 0 Å². The normalized spacial score (nSPS) is 13.2. The summed E-state index contributed by atoms with van der Waals surface area (Å²) in [5, 5.41) is 19.6. The molecule has 1 aromatic carbocycles. The average molecular weight is 219 g/mol. The number of benzene rings is 1. The van der Waals surface area contributed by atoms with Gasteiger partial charge < -0.3 is 14.8 Å². The van der Waals surface area contributed by atoms with Crippen LogP contribution < -0.4 is 0 Å². The number of nitrogens with zero attached hydrogens (tertiary/aromatic N) is 1. The van der Waals surface area contributed by atoms with E-state index in [1.54, 1.807) is 6.92 Å². The molecule has 0 amide bonds. The van der Waals surface area contributed by atoms with Gasteiger partial charge in [-0.25, -0.2) is 0 Å². The van der Waals surface area contributed by atoms with Crippen LogP contribution in [0.15, 0.2) is 30.5 Å².